The molecule has 0 radical (unpaired) electrons. The second-order valence-electron chi connectivity index (χ2n) is 7.42. The molecule has 0 bridgehead atoms. The van der Waals surface area contributed by atoms with E-state index in [4.69, 9.17) is 4.74 Å². The summed E-state index contributed by atoms with van der Waals surface area (Å²) in [7, 11) is 0. The lowest BCUT2D eigenvalue weighted by Gasteiger charge is -2.40. The maximum absolute atomic E-state index is 13.0. The molecule has 1 saturated carbocycles. The van der Waals surface area contributed by atoms with Gasteiger partial charge in [0.25, 0.3) is 0 Å². The number of rotatable bonds is 3. The predicted molar refractivity (Wildman–Crippen MR) is 78.6 cm³/mol. The molecule has 2 amide bonds. The molecule has 2 aliphatic heterocycles. The number of hydrogen-bond donors (Lipinski definition) is 1. The fourth-order valence-corrected chi connectivity index (χ4v) is 3.64. The highest BCUT2D eigenvalue weighted by Crippen LogP contribution is 2.42. The van der Waals surface area contributed by atoms with Crippen molar-refractivity contribution >= 4 is 11.8 Å². The number of nitrogens with one attached hydrogen (secondary N) is 1. The maximum atomic E-state index is 13.0. The summed E-state index contributed by atoms with van der Waals surface area (Å²) in [6, 6.07) is 0. The Morgan fingerprint density at radius 3 is 2.52 bits per heavy atom. The van der Waals surface area contributed by atoms with Crippen molar-refractivity contribution in [1.29, 1.82) is 0 Å². The molecular weight excluding hydrogens is 268 g/mol. The van der Waals surface area contributed by atoms with Crippen LogP contribution in [0.5, 0.6) is 0 Å². The minimum absolute atomic E-state index is 0.0115. The van der Waals surface area contributed by atoms with E-state index in [1.165, 1.54) is 0 Å². The van der Waals surface area contributed by atoms with Gasteiger partial charge in [-0.15, -0.1) is 0 Å². The fraction of sp³-hybridized carbons (Fsp3) is 0.875. The molecule has 118 valence electrons. The van der Waals surface area contributed by atoms with Gasteiger partial charge >= 0.3 is 0 Å². The van der Waals surface area contributed by atoms with E-state index < -0.39 is 5.54 Å². The largest absolute Gasteiger partial charge is 0.381 e. The first-order chi connectivity index (χ1) is 9.93. The highest BCUT2D eigenvalue weighted by molar-refractivity contribution is 5.93. The summed E-state index contributed by atoms with van der Waals surface area (Å²) in [6.07, 6.45) is 4.47. The average molecular weight is 294 g/mol. The molecule has 0 spiro atoms. The van der Waals surface area contributed by atoms with E-state index in [0.717, 1.165) is 45.4 Å². The molecule has 1 unspecified atom stereocenters. The summed E-state index contributed by atoms with van der Waals surface area (Å²) < 4.78 is 5.44. The van der Waals surface area contributed by atoms with Gasteiger partial charge in [0.05, 0.1) is 0 Å². The van der Waals surface area contributed by atoms with E-state index in [-0.39, 0.29) is 17.2 Å². The van der Waals surface area contributed by atoms with Gasteiger partial charge in [-0.1, -0.05) is 6.92 Å². The van der Waals surface area contributed by atoms with Gasteiger partial charge in [0.15, 0.2) is 0 Å². The highest BCUT2D eigenvalue weighted by atomic mass is 16.5. The first-order valence-corrected chi connectivity index (χ1v) is 8.11. The van der Waals surface area contributed by atoms with Crippen molar-refractivity contribution in [3.05, 3.63) is 0 Å². The van der Waals surface area contributed by atoms with Crippen molar-refractivity contribution in [2.75, 3.05) is 26.3 Å². The molecule has 0 aromatic rings. The molecule has 5 nitrogen and oxygen atoms in total. The quantitative estimate of drug-likeness (QED) is 0.854. The zero-order chi connectivity index (χ0) is 15.1. The molecule has 3 rings (SSSR count). The Labute approximate surface area is 126 Å². The van der Waals surface area contributed by atoms with E-state index in [1.807, 2.05) is 11.8 Å². The summed E-state index contributed by atoms with van der Waals surface area (Å²) >= 11 is 0. The molecule has 0 aromatic heterocycles. The van der Waals surface area contributed by atoms with E-state index >= 15 is 0 Å². The van der Waals surface area contributed by atoms with Crippen LogP contribution in [0, 0.1) is 11.3 Å². The second-order valence-corrected chi connectivity index (χ2v) is 7.42. The van der Waals surface area contributed by atoms with Gasteiger partial charge in [0.2, 0.25) is 11.8 Å². The molecule has 2 heterocycles. The van der Waals surface area contributed by atoms with Crippen LogP contribution >= 0.6 is 0 Å². The molecule has 3 fully saturated rings. The third-order valence-electron chi connectivity index (χ3n) is 5.41. The summed E-state index contributed by atoms with van der Waals surface area (Å²) in [5, 5.41) is 2.99. The van der Waals surface area contributed by atoms with E-state index in [0.29, 0.717) is 18.9 Å². The SMILES string of the molecule is CC1(CN2CCC(=O)NC(C)(C3CC3)C2=O)CCOCC1. The Morgan fingerprint density at radius 1 is 1.24 bits per heavy atom. The number of carbonyl (C=O) groups is 2. The molecule has 1 atom stereocenters. The first kappa shape index (κ1) is 14.8. The van der Waals surface area contributed by atoms with E-state index in [1.54, 1.807) is 0 Å². The minimum atomic E-state index is -0.685. The van der Waals surface area contributed by atoms with Crippen molar-refractivity contribution in [2.45, 2.75) is 51.5 Å². The molecule has 21 heavy (non-hydrogen) atoms. The predicted octanol–water partition coefficient (Wildman–Crippen LogP) is 1.32. The maximum Gasteiger partial charge on any atom is 0.248 e. The summed E-state index contributed by atoms with van der Waals surface area (Å²) in [5.41, 5.74) is -0.569. The number of ether oxygens (including phenoxy) is 1. The van der Waals surface area contributed by atoms with Crippen LogP contribution in [0.2, 0.25) is 0 Å². The molecule has 2 saturated heterocycles. The van der Waals surface area contributed by atoms with Crippen LogP contribution in [-0.4, -0.2) is 48.6 Å². The third kappa shape index (κ3) is 2.93. The first-order valence-electron chi connectivity index (χ1n) is 8.11. The standard InChI is InChI=1S/C16H26N2O3/c1-15(6-9-21-10-7-15)11-18-8-5-13(19)17-16(2,14(18)20)12-3-4-12/h12H,3-11H2,1-2H3,(H,17,19). The van der Waals surface area contributed by atoms with Crippen LogP contribution in [-0.2, 0) is 14.3 Å². The van der Waals surface area contributed by atoms with Gasteiger partial charge < -0.3 is 15.0 Å². The van der Waals surface area contributed by atoms with Gasteiger partial charge in [-0.2, -0.15) is 0 Å². The highest BCUT2D eigenvalue weighted by Gasteiger charge is 2.51. The molecular formula is C16H26N2O3. The average Bonchev–Trinajstić information content (AvgIpc) is 3.27. The van der Waals surface area contributed by atoms with Crippen molar-refractivity contribution in [3.63, 3.8) is 0 Å². The van der Waals surface area contributed by atoms with Crippen LogP contribution in [0.15, 0.2) is 0 Å². The minimum Gasteiger partial charge on any atom is -0.381 e. The van der Waals surface area contributed by atoms with E-state index in [2.05, 4.69) is 12.2 Å². The van der Waals surface area contributed by atoms with Gasteiger partial charge in [-0.05, 0) is 43.9 Å². The molecule has 3 aliphatic rings. The van der Waals surface area contributed by atoms with Crippen molar-refractivity contribution in [3.8, 4) is 0 Å². The Bertz CT molecular complexity index is 441. The number of nitrogens with zero attached hydrogens (tertiary/aromatic N) is 1. The molecule has 1 N–H and O–H groups in total. The monoisotopic (exact) mass is 294 g/mol. The van der Waals surface area contributed by atoms with Crippen LogP contribution in [0.1, 0.15) is 46.0 Å². The van der Waals surface area contributed by atoms with E-state index in [9.17, 15) is 9.59 Å². The third-order valence-corrected chi connectivity index (χ3v) is 5.41. The van der Waals surface area contributed by atoms with Gasteiger partial charge in [-0.25, -0.2) is 0 Å². The van der Waals surface area contributed by atoms with Crippen LogP contribution in [0.25, 0.3) is 0 Å². The number of amides is 2. The Morgan fingerprint density at radius 2 is 1.90 bits per heavy atom. The Kier molecular flexibility index (Phi) is 3.72. The van der Waals surface area contributed by atoms with Gasteiger partial charge in [0, 0.05) is 32.7 Å². The Balaban J connectivity index is 1.77. The van der Waals surface area contributed by atoms with Gasteiger partial charge in [0.1, 0.15) is 5.54 Å². The smallest absolute Gasteiger partial charge is 0.248 e. The van der Waals surface area contributed by atoms with Crippen LogP contribution < -0.4 is 5.32 Å². The zero-order valence-electron chi connectivity index (χ0n) is 13.1. The van der Waals surface area contributed by atoms with Crippen molar-refractivity contribution in [1.82, 2.24) is 10.2 Å². The van der Waals surface area contributed by atoms with Gasteiger partial charge in [-0.3, -0.25) is 9.59 Å². The summed E-state index contributed by atoms with van der Waals surface area (Å²) in [4.78, 5) is 26.9. The van der Waals surface area contributed by atoms with Crippen LogP contribution in [0.4, 0.5) is 0 Å². The Hall–Kier alpha value is -1.10. The van der Waals surface area contributed by atoms with Crippen molar-refractivity contribution in [2.24, 2.45) is 11.3 Å². The second kappa shape index (κ2) is 5.27. The summed E-state index contributed by atoms with van der Waals surface area (Å²) in [6.45, 7) is 6.98. The lowest BCUT2D eigenvalue weighted by Crippen LogP contribution is -2.58. The fourth-order valence-electron chi connectivity index (χ4n) is 3.64. The zero-order valence-corrected chi connectivity index (χ0v) is 13.1. The number of carbonyl (C=O) groups excluding carboxylic acids is 2. The normalized spacial score (nSPS) is 33.5. The molecule has 5 heteroatoms. The molecule has 1 aliphatic carbocycles. The van der Waals surface area contributed by atoms with Crippen LogP contribution in [0.3, 0.4) is 0 Å². The lowest BCUT2D eigenvalue weighted by molar-refractivity contribution is -0.141. The van der Waals surface area contributed by atoms with Crippen molar-refractivity contribution < 1.29 is 14.3 Å². The molecule has 0 aromatic carbocycles. The summed E-state index contributed by atoms with van der Waals surface area (Å²) in [5.74, 6) is 0.443. The number of hydrogen-bond acceptors (Lipinski definition) is 3. The lowest BCUT2D eigenvalue weighted by atomic mass is 9.81. The topological polar surface area (TPSA) is 58.6 Å².